The molecule has 1 aliphatic carbocycles. The number of nitrogens with two attached hydrogens (primary N) is 1. The van der Waals surface area contributed by atoms with Crippen LogP contribution in [-0.2, 0) is 0 Å². The van der Waals surface area contributed by atoms with Crippen LogP contribution < -0.4 is 5.73 Å². The fourth-order valence-corrected chi connectivity index (χ4v) is 2.78. The maximum Gasteiger partial charge on any atom is 0.119 e. The number of nitriles is 1. The summed E-state index contributed by atoms with van der Waals surface area (Å²) in [4.78, 5) is 2.94. The van der Waals surface area contributed by atoms with Gasteiger partial charge in [-0.1, -0.05) is 27.7 Å². The summed E-state index contributed by atoms with van der Waals surface area (Å²) in [5.41, 5.74) is 7.90. The Morgan fingerprint density at radius 1 is 1.33 bits per heavy atom. The summed E-state index contributed by atoms with van der Waals surface area (Å²) in [5, 5.41) is 9.06. The van der Waals surface area contributed by atoms with Crippen LogP contribution in [0.2, 0.25) is 0 Å². The minimum absolute atomic E-state index is 0.243. The molecular formula is C12H17N3. The summed E-state index contributed by atoms with van der Waals surface area (Å²) < 4.78 is 0. The summed E-state index contributed by atoms with van der Waals surface area (Å²) in [6, 6.07) is 2.18. The zero-order valence-corrected chi connectivity index (χ0v) is 9.68. The van der Waals surface area contributed by atoms with Crippen molar-refractivity contribution in [3.8, 4) is 6.07 Å². The van der Waals surface area contributed by atoms with Crippen LogP contribution in [0.3, 0.4) is 0 Å². The molecule has 0 bridgehead atoms. The molecule has 3 nitrogen and oxygen atoms in total. The predicted octanol–water partition coefficient (Wildman–Crippen LogP) is 2.62. The van der Waals surface area contributed by atoms with Crippen LogP contribution in [0.1, 0.15) is 44.7 Å². The van der Waals surface area contributed by atoms with Crippen LogP contribution in [0.5, 0.6) is 0 Å². The Kier molecular flexibility index (Phi) is 1.73. The molecule has 80 valence electrons. The minimum atomic E-state index is 0.243. The Morgan fingerprint density at radius 2 is 1.87 bits per heavy atom. The van der Waals surface area contributed by atoms with Crippen LogP contribution in [-0.4, -0.2) is 4.98 Å². The highest BCUT2D eigenvalue weighted by atomic mass is 14.9. The van der Waals surface area contributed by atoms with Crippen molar-refractivity contribution in [3.63, 3.8) is 0 Å². The van der Waals surface area contributed by atoms with Gasteiger partial charge < -0.3 is 10.7 Å². The lowest BCUT2D eigenvalue weighted by Crippen LogP contribution is -1.95. The number of rotatable bonds is 1. The third kappa shape index (κ3) is 1.05. The van der Waals surface area contributed by atoms with E-state index in [1.165, 1.54) is 0 Å². The molecule has 0 radical (unpaired) electrons. The molecule has 1 aliphatic rings. The van der Waals surface area contributed by atoms with Crippen molar-refractivity contribution in [1.82, 2.24) is 4.98 Å². The first-order chi connectivity index (χ1) is 6.84. The fraction of sp³-hybridized carbons (Fsp3) is 0.583. The van der Waals surface area contributed by atoms with Crippen molar-refractivity contribution >= 4 is 5.82 Å². The number of aromatic nitrogens is 1. The van der Waals surface area contributed by atoms with E-state index in [0.29, 0.717) is 17.3 Å². The molecule has 0 spiro atoms. The third-order valence-electron chi connectivity index (χ3n) is 4.38. The van der Waals surface area contributed by atoms with Gasteiger partial charge in [-0.05, 0) is 22.3 Å². The van der Waals surface area contributed by atoms with Gasteiger partial charge in [0.2, 0.25) is 0 Å². The monoisotopic (exact) mass is 203 g/mol. The van der Waals surface area contributed by atoms with E-state index in [0.717, 1.165) is 5.56 Å². The second kappa shape index (κ2) is 2.57. The van der Waals surface area contributed by atoms with Gasteiger partial charge in [-0.15, -0.1) is 0 Å². The number of anilines is 1. The lowest BCUT2D eigenvalue weighted by atomic mass is 10.0. The van der Waals surface area contributed by atoms with E-state index >= 15 is 0 Å². The normalized spacial score (nSPS) is 22.3. The molecule has 2 rings (SSSR count). The molecule has 15 heavy (non-hydrogen) atoms. The van der Waals surface area contributed by atoms with Crippen LogP contribution in [0.15, 0.2) is 6.20 Å². The maximum absolute atomic E-state index is 9.06. The molecule has 1 aromatic heterocycles. The van der Waals surface area contributed by atoms with Crippen LogP contribution in [0, 0.1) is 22.2 Å². The lowest BCUT2D eigenvalue weighted by Gasteiger charge is -2.03. The number of nitrogen functional groups attached to an aromatic ring is 1. The molecule has 0 atom stereocenters. The first-order valence-corrected chi connectivity index (χ1v) is 5.21. The SMILES string of the molecule is CC1(C)C(c2c[nH]c(N)c2C#N)C1(C)C. The molecule has 1 fully saturated rings. The van der Waals surface area contributed by atoms with E-state index in [1.54, 1.807) is 0 Å². The van der Waals surface area contributed by atoms with Gasteiger partial charge in [0.1, 0.15) is 11.9 Å². The van der Waals surface area contributed by atoms with Gasteiger partial charge in [-0.25, -0.2) is 0 Å². The van der Waals surface area contributed by atoms with E-state index in [-0.39, 0.29) is 10.8 Å². The number of nitrogens with one attached hydrogen (secondary N) is 1. The molecule has 3 heteroatoms. The van der Waals surface area contributed by atoms with Crippen LogP contribution in [0.25, 0.3) is 0 Å². The van der Waals surface area contributed by atoms with Crippen molar-refractivity contribution in [3.05, 3.63) is 17.3 Å². The summed E-state index contributed by atoms with van der Waals surface area (Å²) in [6.07, 6.45) is 1.88. The summed E-state index contributed by atoms with van der Waals surface area (Å²) >= 11 is 0. The molecule has 1 aromatic rings. The van der Waals surface area contributed by atoms with E-state index in [9.17, 15) is 0 Å². The Morgan fingerprint density at radius 3 is 2.27 bits per heavy atom. The Labute approximate surface area is 90.3 Å². The molecule has 1 saturated carbocycles. The smallest absolute Gasteiger partial charge is 0.119 e. The Bertz CT molecular complexity index is 432. The largest absolute Gasteiger partial charge is 0.384 e. The summed E-state index contributed by atoms with van der Waals surface area (Å²) in [7, 11) is 0. The van der Waals surface area contributed by atoms with Crippen molar-refractivity contribution in [2.45, 2.75) is 33.6 Å². The van der Waals surface area contributed by atoms with Gasteiger partial charge in [-0.2, -0.15) is 5.26 Å². The first-order valence-electron chi connectivity index (χ1n) is 5.21. The molecule has 0 aromatic carbocycles. The molecule has 1 heterocycles. The average molecular weight is 203 g/mol. The van der Waals surface area contributed by atoms with Crippen LogP contribution >= 0.6 is 0 Å². The maximum atomic E-state index is 9.06. The van der Waals surface area contributed by atoms with Gasteiger partial charge in [0.05, 0.1) is 5.56 Å². The van der Waals surface area contributed by atoms with Gasteiger partial charge in [0.25, 0.3) is 0 Å². The van der Waals surface area contributed by atoms with E-state index in [4.69, 9.17) is 11.0 Å². The van der Waals surface area contributed by atoms with Gasteiger partial charge in [-0.3, -0.25) is 0 Å². The third-order valence-corrected chi connectivity index (χ3v) is 4.38. The van der Waals surface area contributed by atoms with Crippen molar-refractivity contribution in [2.75, 3.05) is 5.73 Å². The highest BCUT2D eigenvalue weighted by molar-refractivity contribution is 5.58. The number of H-pyrrole nitrogens is 1. The second-order valence-corrected chi connectivity index (χ2v) is 5.52. The number of hydrogen-bond acceptors (Lipinski definition) is 2. The molecule has 0 unspecified atom stereocenters. The minimum Gasteiger partial charge on any atom is -0.384 e. The number of nitrogens with zero attached hydrogens (tertiary/aromatic N) is 1. The second-order valence-electron chi connectivity index (χ2n) is 5.52. The molecular weight excluding hydrogens is 186 g/mol. The quantitative estimate of drug-likeness (QED) is 0.736. The summed E-state index contributed by atoms with van der Waals surface area (Å²) in [6.45, 7) is 8.95. The number of hydrogen-bond donors (Lipinski definition) is 2. The van der Waals surface area contributed by atoms with Crippen molar-refractivity contribution in [1.29, 1.82) is 5.26 Å². The predicted molar refractivity (Wildman–Crippen MR) is 60.2 cm³/mol. The standard InChI is InChI=1S/C12H17N3/c1-11(2)9(12(11,3)4)8-6-15-10(14)7(8)5-13/h6,9,15H,14H2,1-4H3. The van der Waals surface area contributed by atoms with Gasteiger partial charge >= 0.3 is 0 Å². The van der Waals surface area contributed by atoms with Crippen LogP contribution in [0.4, 0.5) is 5.82 Å². The highest BCUT2D eigenvalue weighted by Gasteiger charge is 2.65. The molecule has 0 saturated heterocycles. The first kappa shape index (κ1) is 10.1. The Hall–Kier alpha value is -1.43. The summed E-state index contributed by atoms with van der Waals surface area (Å²) in [5.74, 6) is 0.916. The fourth-order valence-electron chi connectivity index (χ4n) is 2.78. The average Bonchev–Trinajstić information content (AvgIpc) is 2.44. The lowest BCUT2D eigenvalue weighted by molar-refractivity contribution is 0.457. The highest BCUT2D eigenvalue weighted by Crippen LogP contribution is 2.74. The Balaban J connectivity index is 2.47. The van der Waals surface area contributed by atoms with Gasteiger partial charge in [0.15, 0.2) is 0 Å². The van der Waals surface area contributed by atoms with E-state index in [1.807, 2.05) is 6.20 Å². The van der Waals surface area contributed by atoms with E-state index in [2.05, 4.69) is 38.7 Å². The number of aromatic amines is 1. The van der Waals surface area contributed by atoms with Crippen molar-refractivity contribution in [2.24, 2.45) is 10.8 Å². The molecule has 0 aliphatic heterocycles. The topological polar surface area (TPSA) is 65.6 Å². The zero-order valence-electron chi connectivity index (χ0n) is 9.68. The molecule has 0 amide bonds. The van der Waals surface area contributed by atoms with E-state index < -0.39 is 0 Å². The zero-order chi connectivity index (χ0) is 11.4. The van der Waals surface area contributed by atoms with Crippen molar-refractivity contribution < 1.29 is 0 Å². The molecule has 3 N–H and O–H groups in total. The van der Waals surface area contributed by atoms with Gasteiger partial charge in [0, 0.05) is 6.20 Å².